The molecular weight excluding hydrogens is 444 g/mol. The Kier molecular flexibility index (Phi) is 6.54. The zero-order valence-corrected chi connectivity index (χ0v) is 18.4. The van der Waals surface area contributed by atoms with Gasteiger partial charge in [-0.15, -0.1) is 22.7 Å². The van der Waals surface area contributed by atoms with Crippen molar-refractivity contribution in [2.75, 3.05) is 26.3 Å². The maximum Gasteiger partial charge on any atom is 0.252 e. The number of hydrogen-bond acceptors (Lipinski definition) is 8. The van der Waals surface area contributed by atoms with Gasteiger partial charge in [0.2, 0.25) is 5.91 Å². The molecule has 1 amide bonds. The van der Waals surface area contributed by atoms with Gasteiger partial charge in [0.25, 0.3) is 10.0 Å². The van der Waals surface area contributed by atoms with Gasteiger partial charge in [0, 0.05) is 41.3 Å². The fourth-order valence-corrected chi connectivity index (χ4v) is 6.60. The zero-order chi connectivity index (χ0) is 21.0. The van der Waals surface area contributed by atoms with E-state index in [9.17, 15) is 13.2 Å². The molecule has 1 aliphatic heterocycles. The van der Waals surface area contributed by atoms with Gasteiger partial charge in [0.05, 0.1) is 31.9 Å². The molecule has 0 bridgehead atoms. The summed E-state index contributed by atoms with van der Waals surface area (Å²) in [7, 11) is -3.51. The summed E-state index contributed by atoms with van der Waals surface area (Å²) in [5, 5.41) is 5.52. The van der Waals surface area contributed by atoms with Gasteiger partial charge < -0.3 is 10.1 Å². The number of hydrogen-bond donors (Lipinski definition) is 1. The summed E-state index contributed by atoms with van der Waals surface area (Å²) in [5.74, 6) is -0.163. The summed E-state index contributed by atoms with van der Waals surface area (Å²) >= 11 is 2.65. The van der Waals surface area contributed by atoms with Crippen LogP contribution in [-0.4, -0.2) is 54.9 Å². The molecular formula is C19H20N4O4S3. The summed E-state index contributed by atoms with van der Waals surface area (Å²) in [6, 6.07) is 7.10. The van der Waals surface area contributed by atoms with E-state index >= 15 is 0 Å². The van der Waals surface area contributed by atoms with Crippen LogP contribution < -0.4 is 5.32 Å². The first-order valence-corrected chi connectivity index (χ1v) is 12.4. The van der Waals surface area contributed by atoms with Gasteiger partial charge in [-0.05, 0) is 24.3 Å². The maximum absolute atomic E-state index is 12.7. The largest absolute Gasteiger partial charge is 0.379 e. The number of thiazole rings is 1. The van der Waals surface area contributed by atoms with Crippen molar-refractivity contribution in [1.82, 2.24) is 19.6 Å². The Hall–Kier alpha value is -2.18. The summed E-state index contributed by atoms with van der Waals surface area (Å²) in [6.07, 6.45) is 3.61. The number of thiophene rings is 1. The number of aromatic nitrogens is 2. The Morgan fingerprint density at radius 3 is 2.83 bits per heavy atom. The molecule has 1 N–H and O–H groups in total. The van der Waals surface area contributed by atoms with Gasteiger partial charge in [0.15, 0.2) is 0 Å². The number of sulfonamides is 1. The average molecular weight is 465 g/mol. The summed E-state index contributed by atoms with van der Waals surface area (Å²) in [6.45, 7) is 1.82. The van der Waals surface area contributed by atoms with Gasteiger partial charge in [-0.3, -0.25) is 9.78 Å². The van der Waals surface area contributed by atoms with Crippen LogP contribution in [0, 0.1) is 0 Å². The molecule has 11 heteroatoms. The average Bonchev–Trinajstić information content (AvgIpc) is 3.44. The molecule has 0 radical (unpaired) electrons. The van der Waals surface area contributed by atoms with Crippen molar-refractivity contribution < 1.29 is 17.9 Å². The summed E-state index contributed by atoms with van der Waals surface area (Å²) in [4.78, 5) is 21.6. The number of amides is 1. The van der Waals surface area contributed by atoms with Gasteiger partial charge in [0.1, 0.15) is 9.22 Å². The monoisotopic (exact) mass is 464 g/mol. The second-order valence-corrected chi connectivity index (χ2v) is 10.8. The first-order chi connectivity index (χ1) is 14.5. The third kappa shape index (κ3) is 4.93. The second kappa shape index (κ2) is 9.31. The van der Waals surface area contributed by atoms with E-state index in [1.807, 2.05) is 17.5 Å². The molecule has 1 saturated heterocycles. The van der Waals surface area contributed by atoms with Crippen molar-refractivity contribution >= 4 is 38.6 Å². The van der Waals surface area contributed by atoms with Crippen molar-refractivity contribution in [3.05, 3.63) is 52.6 Å². The Balaban J connectivity index is 1.32. The molecule has 0 spiro atoms. The summed E-state index contributed by atoms with van der Waals surface area (Å²) in [5.41, 5.74) is 1.61. The highest BCUT2D eigenvalue weighted by molar-refractivity contribution is 7.91. The molecule has 30 heavy (non-hydrogen) atoms. The van der Waals surface area contributed by atoms with E-state index in [4.69, 9.17) is 4.74 Å². The molecule has 0 unspecified atom stereocenters. The van der Waals surface area contributed by atoms with Crippen LogP contribution in [0.4, 0.5) is 0 Å². The Morgan fingerprint density at radius 2 is 2.07 bits per heavy atom. The second-order valence-electron chi connectivity index (χ2n) is 6.58. The number of pyridine rings is 1. The van der Waals surface area contributed by atoms with Gasteiger partial charge in [-0.1, -0.05) is 0 Å². The van der Waals surface area contributed by atoms with E-state index in [0.29, 0.717) is 32.0 Å². The van der Waals surface area contributed by atoms with Crippen LogP contribution in [0.5, 0.6) is 0 Å². The molecule has 8 nitrogen and oxygen atoms in total. The highest BCUT2D eigenvalue weighted by Gasteiger charge is 2.27. The van der Waals surface area contributed by atoms with Gasteiger partial charge >= 0.3 is 0 Å². The first-order valence-electron chi connectivity index (χ1n) is 9.30. The van der Waals surface area contributed by atoms with Crippen LogP contribution in [0.2, 0.25) is 0 Å². The van der Waals surface area contributed by atoms with E-state index < -0.39 is 10.0 Å². The van der Waals surface area contributed by atoms with Crippen molar-refractivity contribution in [2.45, 2.75) is 17.2 Å². The number of carbonyl (C=O) groups is 1. The number of ether oxygens (including phenoxy) is 1. The predicted octanol–water partition coefficient (Wildman–Crippen LogP) is 2.15. The standard InChI is InChI=1S/C19H20N4O4S3/c24-17(10-15-13-28-19(22-15)14-2-1-5-20-11-14)21-12-16-3-4-18(29-16)30(25,26)23-6-8-27-9-7-23/h1-5,11,13H,6-10,12H2,(H,21,24). The van der Waals surface area contributed by atoms with Crippen molar-refractivity contribution in [1.29, 1.82) is 0 Å². The van der Waals surface area contributed by atoms with E-state index in [1.54, 1.807) is 24.5 Å². The minimum Gasteiger partial charge on any atom is -0.379 e. The number of carbonyl (C=O) groups excluding carboxylic acids is 1. The fourth-order valence-electron chi connectivity index (χ4n) is 2.93. The van der Waals surface area contributed by atoms with Crippen LogP contribution in [0.3, 0.4) is 0 Å². The predicted molar refractivity (Wildman–Crippen MR) is 115 cm³/mol. The first kappa shape index (κ1) is 21.1. The van der Waals surface area contributed by atoms with E-state index in [1.165, 1.54) is 27.0 Å². The van der Waals surface area contributed by atoms with Crippen LogP contribution >= 0.6 is 22.7 Å². The molecule has 0 aliphatic carbocycles. The molecule has 4 rings (SSSR count). The zero-order valence-electron chi connectivity index (χ0n) is 16.0. The molecule has 158 valence electrons. The maximum atomic E-state index is 12.7. The topological polar surface area (TPSA) is 101 Å². The number of rotatable bonds is 7. The molecule has 0 atom stereocenters. The Bertz CT molecular complexity index is 1110. The van der Waals surface area contributed by atoms with Crippen LogP contribution in [0.25, 0.3) is 10.6 Å². The quantitative estimate of drug-likeness (QED) is 0.575. The van der Waals surface area contributed by atoms with E-state index in [2.05, 4.69) is 15.3 Å². The molecule has 0 aromatic carbocycles. The lowest BCUT2D eigenvalue weighted by Gasteiger charge is -2.25. The Morgan fingerprint density at radius 1 is 1.23 bits per heavy atom. The normalized spacial score (nSPS) is 15.2. The molecule has 4 heterocycles. The van der Waals surface area contributed by atoms with Crippen LogP contribution in [-0.2, 0) is 32.5 Å². The molecule has 3 aromatic heterocycles. The lowest BCUT2D eigenvalue weighted by molar-refractivity contribution is -0.120. The van der Waals surface area contributed by atoms with Crippen molar-refractivity contribution in [3.8, 4) is 10.6 Å². The third-order valence-corrected chi connectivity index (χ3v) is 8.85. The van der Waals surface area contributed by atoms with Crippen LogP contribution in [0.15, 0.2) is 46.2 Å². The summed E-state index contributed by atoms with van der Waals surface area (Å²) < 4.78 is 32.3. The van der Waals surface area contributed by atoms with Crippen LogP contribution in [0.1, 0.15) is 10.6 Å². The highest BCUT2D eigenvalue weighted by Crippen LogP contribution is 2.26. The van der Waals surface area contributed by atoms with Crippen molar-refractivity contribution in [2.24, 2.45) is 0 Å². The molecule has 0 saturated carbocycles. The third-order valence-electron chi connectivity index (χ3n) is 4.46. The lowest BCUT2D eigenvalue weighted by atomic mass is 10.3. The number of nitrogens with one attached hydrogen (secondary N) is 1. The lowest BCUT2D eigenvalue weighted by Crippen LogP contribution is -2.40. The smallest absolute Gasteiger partial charge is 0.252 e. The SMILES string of the molecule is O=C(Cc1csc(-c2cccnc2)n1)NCc1ccc(S(=O)(=O)N2CCOCC2)s1. The van der Waals surface area contributed by atoms with E-state index in [-0.39, 0.29) is 23.1 Å². The van der Waals surface area contributed by atoms with Gasteiger partial charge in [-0.2, -0.15) is 4.31 Å². The van der Waals surface area contributed by atoms with Crippen molar-refractivity contribution in [3.63, 3.8) is 0 Å². The Labute approximate surface area is 182 Å². The highest BCUT2D eigenvalue weighted by atomic mass is 32.2. The number of morpholine rings is 1. The minimum atomic E-state index is -3.51. The fraction of sp³-hybridized carbons (Fsp3) is 0.316. The minimum absolute atomic E-state index is 0.163. The molecule has 3 aromatic rings. The molecule has 1 fully saturated rings. The number of nitrogens with zero attached hydrogens (tertiary/aromatic N) is 3. The molecule has 1 aliphatic rings. The van der Waals surface area contributed by atoms with E-state index in [0.717, 1.165) is 15.4 Å². The van der Waals surface area contributed by atoms with Gasteiger partial charge in [-0.25, -0.2) is 13.4 Å².